The molecule has 0 spiro atoms. The summed E-state index contributed by atoms with van der Waals surface area (Å²) >= 11 is 0. The molecular weight excluding hydrogens is 174 g/mol. The Morgan fingerprint density at radius 1 is 1.42 bits per heavy atom. The van der Waals surface area contributed by atoms with E-state index in [1.807, 2.05) is 19.1 Å². The summed E-state index contributed by atoms with van der Waals surface area (Å²) in [6.07, 6.45) is 0.845. The Bertz CT molecular complexity index is 240. The van der Waals surface area contributed by atoms with E-state index in [9.17, 15) is 5.11 Å². The lowest BCUT2D eigenvalue weighted by Crippen LogP contribution is -2.08. The molecule has 0 aliphatic heterocycles. The third-order valence-corrected chi connectivity index (χ3v) is 1.78. The molecule has 0 aliphatic carbocycles. The first kappa shape index (κ1) is 11.3. The molecule has 0 fully saturated rings. The van der Waals surface area contributed by atoms with Crippen LogP contribution < -0.4 is 5.73 Å². The summed E-state index contributed by atoms with van der Waals surface area (Å²) in [7, 11) is 0. The summed E-state index contributed by atoms with van der Waals surface area (Å²) in [5.74, 6) is 0.293. The van der Waals surface area contributed by atoms with Crippen LogP contribution >= 0.6 is 12.4 Å². The number of hydrogen-bond acceptors (Lipinski definition) is 2. The number of phenolic OH excluding ortho intramolecular Hbond substituents is 1. The zero-order valence-corrected chi connectivity index (χ0v) is 7.84. The van der Waals surface area contributed by atoms with Crippen molar-refractivity contribution in [3.05, 3.63) is 29.8 Å². The minimum absolute atomic E-state index is 0. The largest absolute Gasteiger partial charge is 0.508 e. The van der Waals surface area contributed by atoms with Gasteiger partial charge in [-0.1, -0.05) is 25.1 Å². The van der Waals surface area contributed by atoms with Gasteiger partial charge in [0, 0.05) is 11.6 Å². The topological polar surface area (TPSA) is 46.2 Å². The number of benzene rings is 1. The second-order valence-corrected chi connectivity index (χ2v) is 2.57. The number of hydrogen-bond donors (Lipinski definition) is 2. The van der Waals surface area contributed by atoms with Crippen LogP contribution in [0.25, 0.3) is 0 Å². The predicted molar refractivity (Wildman–Crippen MR) is 52.6 cm³/mol. The van der Waals surface area contributed by atoms with Crippen LogP contribution in [-0.2, 0) is 0 Å². The number of nitrogens with two attached hydrogens (primary N) is 1. The summed E-state index contributed by atoms with van der Waals surface area (Å²) in [5.41, 5.74) is 6.56. The van der Waals surface area contributed by atoms with E-state index >= 15 is 0 Å². The fourth-order valence-corrected chi connectivity index (χ4v) is 1.02. The van der Waals surface area contributed by atoms with Gasteiger partial charge in [-0.2, -0.15) is 0 Å². The van der Waals surface area contributed by atoms with Crippen molar-refractivity contribution < 1.29 is 5.11 Å². The fourth-order valence-electron chi connectivity index (χ4n) is 1.02. The van der Waals surface area contributed by atoms with Crippen LogP contribution in [0.5, 0.6) is 5.75 Å². The van der Waals surface area contributed by atoms with Crippen molar-refractivity contribution in [1.82, 2.24) is 0 Å². The van der Waals surface area contributed by atoms with E-state index in [-0.39, 0.29) is 18.4 Å². The summed E-state index contributed by atoms with van der Waals surface area (Å²) in [5, 5.41) is 9.33. The van der Waals surface area contributed by atoms with Crippen LogP contribution in [0.4, 0.5) is 0 Å². The number of phenols is 1. The van der Waals surface area contributed by atoms with Gasteiger partial charge in [-0.3, -0.25) is 0 Å². The van der Waals surface area contributed by atoms with E-state index in [1.54, 1.807) is 12.1 Å². The van der Waals surface area contributed by atoms with Gasteiger partial charge in [0.05, 0.1) is 0 Å². The number of aromatic hydroxyl groups is 1. The molecule has 0 saturated heterocycles. The zero-order chi connectivity index (χ0) is 8.27. The Morgan fingerprint density at radius 3 is 2.50 bits per heavy atom. The highest BCUT2D eigenvalue weighted by Crippen LogP contribution is 2.23. The van der Waals surface area contributed by atoms with Gasteiger partial charge in [-0.25, -0.2) is 0 Å². The maximum atomic E-state index is 9.33. The first-order valence-electron chi connectivity index (χ1n) is 3.79. The zero-order valence-electron chi connectivity index (χ0n) is 7.03. The van der Waals surface area contributed by atoms with Crippen LogP contribution in [-0.4, -0.2) is 5.11 Å². The summed E-state index contributed by atoms with van der Waals surface area (Å²) in [4.78, 5) is 0. The highest BCUT2D eigenvalue weighted by molar-refractivity contribution is 5.85. The molecule has 12 heavy (non-hydrogen) atoms. The van der Waals surface area contributed by atoms with Gasteiger partial charge in [0.2, 0.25) is 0 Å². The first-order chi connectivity index (χ1) is 5.25. The molecule has 0 heterocycles. The molecule has 3 N–H and O–H groups in total. The van der Waals surface area contributed by atoms with Crippen molar-refractivity contribution in [3.63, 3.8) is 0 Å². The van der Waals surface area contributed by atoms with Crippen LogP contribution in [0.3, 0.4) is 0 Å². The third kappa shape index (κ3) is 2.40. The Balaban J connectivity index is 0.00000121. The lowest BCUT2D eigenvalue weighted by molar-refractivity contribution is 0.460. The van der Waals surface area contributed by atoms with E-state index in [0.717, 1.165) is 12.0 Å². The lowest BCUT2D eigenvalue weighted by Gasteiger charge is -2.09. The summed E-state index contributed by atoms with van der Waals surface area (Å²) in [6.45, 7) is 2.00. The van der Waals surface area contributed by atoms with Crippen LogP contribution in [0, 0.1) is 0 Å². The van der Waals surface area contributed by atoms with Crippen molar-refractivity contribution in [2.45, 2.75) is 19.4 Å². The smallest absolute Gasteiger partial charge is 0.120 e. The minimum Gasteiger partial charge on any atom is -0.508 e. The minimum atomic E-state index is -0.0452. The molecule has 0 saturated carbocycles. The van der Waals surface area contributed by atoms with Crippen molar-refractivity contribution in [1.29, 1.82) is 0 Å². The Kier molecular flexibility index (Phi) is 4.71. The molecular formula is C9H14ClNO. The molecule has 1 unspecified atom stereocenters. The molecule has 0 radical (unpaired) electrons. The standard InChI is InChI=1S/C9H13NO.ClH/c1-2-8(10)7-5-3-4-6-9(7)11;/h3-6,8,11H,2,10H2,1H3;1H. The van der Waals surface area contributed by atoms with Gasteiger partial charge >= 0.3 is 0 Å². The Labute approximate surface area is 78.8 Å². The second-order valence-electron chi connectivity index (χ2n) is 2.57. The maximum absolute atomic E-state index is 9.33. The van der Waals surface area contributed by atoms with Crippen LogP contribution in [0.15, 0.2) is 24.3 Å². The molecule has 1 rings (SSSR count). The van der Waals surface area contributed by atoms with Gasteiger partial charge in [0.25, 0.3) is 0 Å². The summed E-state index contributed by atoms with van der Waals surface area (Å²) in [6, 6.07) is 7.14. The van der Waals surface area contributed by atoms with Crippen molar-refractivity contribution in [2.24, 2.45) is 5.73 Å². The quantitative estimate of drug-likeness (QED) is 0.746. The average molecular weight is 188 g/mol. The molecule has 3 heteroatoms. The Morgan fingerprint density at radius 2 is 2.00 bits per heavy atom. The van der Waals surface area contributed by atoms with E-state index in [4.69, 9.17) is 5.73 Å². The SMILES string of the molecule is CCC(N)c1ccccc1O.Cl. The molecule has 2 nitrogen and oxygen atoms in total. The number of halogens is 1. The molecule has 0 aromatic heterocycles. The highest BCUT2D eigenvalue weighted by atomic mass is 35.5. The van der Waals surface area contributed by atoms with Crippen LogP contribution in [0.2, 0.25) is 0 Å². The van der Waals surface area contributed by atoms with Crippen LogP contribution in [0.1, 0.15) is 24.9 Å². The van der Waals surface area contributed by atoms with Gasteiger partial charge < -0.3 is 10.8 Å². The highest BCUT2D eigenvalue weighted by Gasteiger charge is 2.06. The monoisotopic (exact) mass is 187 g/mol. The van der Waals surface area contributed by atoms with E-state index < -0.39 is 0 Å². The molecule has 68 valence electrons. The van der Waals surface area contributed by atoms with Gasteiger partial charge in [-0.15, -0.1) is 12.4 Å². The van der Waals surface area contributed by atoms with E-state index in [2.05, 4.69) is 0 Å². The molecule has 1 aromatic carbocycles. The number of para-hydroxylation sites is 1. The predicted octanol–water partition coefficient (Wildman–Crippen LogP) is 2.22. The van der Waals surface area contributed by atoms with Crippen molar-refractivity contribution in [3.8, 4) is 5.75 Å². The molecule has 0 aliphatic rings. The van der Waals surface area contributed by atoms with Crippen molar-refractivity contribution >= 4 is 12.4 Å². The average Bonchev–Trinajstić information content (AvgIpc) is 2.04. The maximum Gasteiger partial charge on any atom is 0.120 e. The second kappa shape index (κ2) is 5.01. The molecule has 0 amide bonds. The lowest BCUT2D eigenvalue weighted by atomic mass is 10.0. The van der Waals surface area contributed by atoms with E-state index in [1.165, 1.54) is 0 Å². The summed E-state index contributed by atoms with van der Waals surface area (Å²) < 4.78 is 0. The van der Waals surface area contributed by atoms with Crippen molar-refractivity contribution in [2.75, 3.05) is 0 Å². The Hall–Kier alpha value is -0.730. The number of rotatable bonds is 2. The molecule has 1 aromatic rings. The fraction of sp³-hybridized carbons (Fsp3) is 0.333. The van der Waals surface area contributed by atoms with Gasteiger partial charge in [0.1, 0.15) is 5.75 Å². The van der Waals surface area contributed by atoms with Gasteiger partial charge in [-0.05, 0) is 12.5 Å². The molecule has 0 bridgehead atoms. The van der Waals surface area contributed by atoms with Gasteiger partial charge in [0.15, 0.2) is 0 Å². The normalized spacial score (nSPS) is 11.8. The third-order valence-electron chi connectivity index (χ3n) is 1.78. The van der Waals surface area contributed by atoms with E-state index in [0.29, 0.717) is 5.75 Å². The molecule has 1 atom stereocenters. The first-order valence-corrected chi connectivity index (χ1v) is 3.79.